The second-order valence-corrected chi connectivity index (χ2v) is 8.16. The predicted octanol–water partition coefficient (Wildman–Crippen LogP) is 2.06. The molecule has 2 aliphatic rings. The lowest BCUT2D eigenvalue weighted by atomic mass is 10.2. The minimum atomic E-state index is -0.230. The van der Waals surface area contributed by atoms with Crippen LogP contribution in [0.4, 0.5) is 5.69 Å². The first-order valence-electron chi connectivity index (χ1n) is 8.31. The molecule has 2 aliphatic heterocycles. The summed E-state index contributed by atoms with van der Waals surface area (Å²) >= 11 is 2.89. The molecule has 2 unspecified atom stereocenters. The first kappa shape index (κ1) is 18.2. The van der Waals surface area contributed by atoms with Crippen molar-refractivity contribution >= 4 is 51.4 Å². The number of aliphatic hydroxyl groups is 1. The largest absolute Gasteiger partial charge is 0.498 e. The monoisotopic (exact) mass is 406 g/mol. The van der Waals surface area contributed by atoms with Gasteiger partial charge in [0.15, 0.2) is 16.6 Å². The van der Waals surface area contributed by atoms with Crippen LogP contribution in [-0.4, -0.2) is 52.1 Å². The van der Waals surface area contributed by atoms with Crippen LogP contribution >= 0.6 is 23.5 Å². The van der Waals surface area contributed by atoms with Crippen molar-refractivity contribution in [3.63, 3.8) is 0 Å². The highest BCUT2D eigenvalue weighted by Gasteiger charge is 2.44. The molecule has 0 saturated heterocycles. The van der Waals surface area contributed by atoms with Gasteiger partial charge in [-0.2, -0.15) is 0 Å². The van der Waals surface area contributed by atoms with Crippen LogP contribution in [-0.2, 0) is 9.53 Å². The van der Waals surface area contributed by atoms with Gasteiger partial charge in [0, 0.05) is 19.2 Å². The quantitative estimate of drug-likeness (QED) is 0.692. The standard InChI is InChI=1S/C17H18N4O4S2/c1-8-19-10-7-9(3-4-11(10)25-8)20-15(23)13-12(24-2)14-16(26-13)21-17(27-14)18-5-6-22/h3-4,7,14,16,22H,5-6H2,1-2H3,(H,18,21)(H,20,23). The smallest absolute Gasteiger partial charge is 0.265 e. The fourth-order valence-electron chi connectivity index (χ4n) is 2.90. The Labute approximate surface area is 163 Å². The third-order valence-corrected chi connectivity index (χ3v) is 6.64. The average molecular weight is 406 g/mol. The summed E-state index contributed by atoms with van der Waals surface area (Å²) in [6, 6.07) is 5.34. The van der Waals surface area contributed by atoms with Crippen LogP contribution in [0.25, 0.3) is 11.1 Å². The Bertz CT molecular complexity index is 956. The Morgan fingerprint density at radius 2 is 2.26 bits per heavy atom. The molecule has 2 aromatic rings. The van der Waals surface area contributed by atoms with Crippen molar-refractivity contribution < 1.29 is 19.1 Å². The van der Waals surface area contributed by atoms with Crippen LogP contribution < -0.4 is 10.6 Å². The van der Waals surface area contributed by atoms with Crippen molar-refractivity contribution in [1.29, 1.82) is 0 Å². The van der Waals surface area contributed by atoms with E-state index in [1.165, 1.54) is 23.5 Å². The van der Waals surface area contributed by atoms with E-state index in [0.717, 1.165) is 5.17 Å². The first-order chi connectivity index (χ1) is 13.1. The minimum Gasteiger partial charge on any atom is -0.498 e. The highest BCUT2D eigenvalue weighted by molar-refractivity contribution is 8.16. The van der Waals surface area contributed by atoms with Crippen molar-refractivity contribution in [2.45, 2.75) is 17.5 Å². The Kier molecular flexibility index (Phi) is 5.02. The maximum atomic E-state index is 12.8. The molecule has 0 fully saturated rings. The van der Waals surface area contributed by atoms with Crippen LogP contribution in [0.3, 0.4) is 0 Å². The van der Waals surface area contributed by atoms with E-state index in [-0.39, 0.29) is 23.1 Å². The number of aliphatic hydroxyl groups excluding tert-OH is 1. The normalized spacial score (nSPS) is 21.4. The molecule has 0 aliphatic carbocycles. The Hall–Kier alpha value is -2.17. The highest BCUT2D eigenvalue weighted by Crippen LogP contribution is 2.48. The summed E-state index contributed by atoms with van der Waals surface area (Å²) in [4.78, 5) is 22.2. The van der Waals surface area contributed by atoms with Crippen LogP contribution in [0, 0.1) is 6.92 Å². The number of oxazole rings is 1. The lowest BCUT2D eigenvalue weighted by Crippen LogP contribution is -2.23. The van der Waals surface area contributed by atoms with Gasteiger partial charge < -0.3 is 24.9 Å². The van der Waals surface area contributed by atoms with Crippen LogP contribution in [0.2, 0.25) is 0 Å². The molecule has 1 amide bonds. The van der Waals surface area contributed by atoms with Gasteiger partial charge in [0.1, 0.15) is 26.8 Å². The van der Waals surface area contributed by atoms with Crippen molar-refractivity contribution in [2.24, 2.45) is 4.99 Å². The van der Waals surface area contributed by atoms with E-state index in [0.29, 0.717) is 39.9 Å². The second-order valence-electron chi connectivity index (χ2n) is 5.90. The maximum absolute atomic E-state index is 12.8. The summed E-state index contributed by atoms with van der Waals surface area (Å²) in [7, 11) is 1.56. The molecular formula is C17H18N4O4S2. The Morgan fingerprint density at radius 3 is 3.04 bits per heavy atom. The van der Waals surface area contributed by atoms with Gasteiger partial charge in [-0.05, 0) is 18.2 Å². The zero-order chi connectivity index (χ0) is 19.0. The lowest BCUT2D eigenvalue weighted by molar-refractivity contribution is -0.112. The highest BCUT2D eigenvalue weighted by atomic mass is 32.2. The SMILES string of the molecule is COC1=C(C(=O)Nc2ccc3oc(C)nc3c2)SC2N=C(NCCO)SC12. The van der Waals surface area contributed by atoms with E-state index < -0.39 is 0 Å². The van der Waals surface area contributed by atoms with Crippen LogP contribution in [0.15, 0.2) is 38.3 Å². The number of thioether (sulfide) groups is 2. The number of hydrogen-bond donors (Lipinski definition) is 3. The summed E-state index contributed by atoms with van der Waals surface area (Å²) in [5.41, 5.74) is 2.02. The third kappa shape index (κ3) is 3.52. The molecular weight excluding hydrogens is 388 g/mol. The van der Waals surface area contributed by atoms with Gasteiger partial charge >= 0.3 is 0 Å². The van der Waals surface area contributed by atoms with Gasteiger partial charge in [0.25, 0.3) is 5.91 Å². The zero-order valence-electron chi connectivity index (χ0n) is 14.7. The summed E-state index contributed by atoms with van der Waals surface area (Å²) in [6.45, 7) is 2.26. The maximum Gasteiger partial charge on any atom is 0.265 e. The molecule has 1 aromatic carbocycles. The molecule has 2 atom stereocenters. The molecule has 4 rings (SSSR count). The third-order valence-electron chi connectivity index (χ3n) is 4.03. The predicted molar refractivity (Wildman–Crippen MR) is 107 cm³/mol. The number of carbonyl (C=O) groups excluding carboxylic acids is 1. The van der Waals surface area contributed by atoms with Gasteiger partial charge in [-0.1, -0.05) is 23.5 Å². The number of anilines is 1. The number of ether oxygens (including phenoxy) is 1. The van der Waals surface area contributed by atoms with Gasteiger partial charge in [-0.3, -0.25) is 4.79 Å². The molecule has 3 N–H and O–H groups in total. The van der Waals surface area contributed by atoms with E-state index in [1.54, 1.807) is 32.2 Å². The fourth-order valence-corrected chi connectivity index (χ4v) is 5.61. The van der Waals surface area contributed by atoms with Gasteiger partial charge in [0.2, 0.25) is 0 Å². The number of hydrogen-bond acceptors (Lipinski definition) is 9. The van der Waals surface area contributed by atoms with Gasteiger partial charge in [-0.25, -0.2) is 9.98 Å². The molecule has 0 radical (unpaired) electrons. The number of amidine groups is 1. The molecule has 10 heteroatoms. The fraction of sp³-hybridized carbons (Fsp3) is 0.353. The number of nitrogens with zero attached hydrogens (tertiary/aromatic N) is 2. The first-order valence-corrected chi connectivity index (χ1v) is 10.1. The van der Waals surface area contributed by atoms with Crippen LogP contribution in [0.1, 0.15) is 5.89 Å². The summed E-state index contributed by atoms with van der Waals surface area (Å²) < 4.78 is 11.0. The van der Waals surface area contributed by atoms with Crippen LogP contribution in [0.5, 0.6) is 0 Å². The van der Waals surface area contributed by atoms with E-state index in [9.17, 15) is 4.79 Å². The number of fused-ring (bicyclic) bond motifs is 2. The van der Waals surface area contributed by atoms with E-state index in [2.05, 4.69) is 20.6 Å². The second kappa shape index (κ2) is 7.45. The molecule has 8 nitrogen and oxygen atoms in total. The molecule has 1 aromatic heterocycles. The van der Waals surface area contributed by atoms with Crippen molar-refractivity contribution in [2.75, 3.05) is 25.6 Å². The van der Waals surface area contributed by atoms with Crippen molar-refractivity contribution in [3.8, 4) is 0 Å². The molecule has 3 heterocycles. The number of amides is 1. The number of nitrogens with one attached hydrogen (secondary N) is 2. The molecule has 0 bridgehead atoms. The summed E-state index contributed by atoms with van der Waals surface area (Å²) in [5, 5.41) is 15.5. The molecule has 0 spiro atoms. The number of methoxy groups -OCH3 is 1. The van der Waals surface area contributed by atoms with Gasteiger partial charge in [0.05, 0.1) is 13.7 Å². The number of carbonyl (C=O) groups is 1. The van der Waals surface area contributed by atoms with E-state index >= 15 is 0 Å². The van der Waals surface area contributed by atoms with Crippen molar-refractivity contribution in [3.05, 3.63) is 34.8 Å². The lowest BCUT2D eigenvalue weighted by Gasteiger charge is -2.11. The minimum absolute atomic E-state index is 0.0398. The van der Waals surface area contributed by atoms with Crippen molar-refractivity contribution in [1.82, 2.24) is 10.3 Å². The number of aliphatic imine (C=N–C) groups is 1. The Balaban J connectivity index is 1.49. The molecule has 0 saturated carbocycles. The number of benzene rings is 1. The zero-order valence-corrected chi connectivity index (χ0v) is 16.3. The van der Waals surface area contributed by atoms with E-state index in [1.807, 2.05) is 0 Å². The molecule has 27 heavy (non-hydrogen) atoms. The van der Waals surface area contributed by atoms with Gasteiger partial charge in [-0.15, -0.1) is 0 Å². The summed E-state index contributed by atoms with van der Waals surface area (Å²) in [5.74, 6) is 0.972. The number of aromatic nitrogens is 1. The molecule has 142 valence electrons. The Morgan fingerprint density at radius 1 is 1.41 bits per heavy atom. The summed E-state index contributed by atoms with van der Waals surface area (Å²) in [6.07, 6.45) is 0. The number of rotatable bonds is 5. The number of aryl methyl sites for hydroxylation is 1. The van der Waals surface area contributed by atoms with E-state index in [4.69, 9.17) is 14.3 Å². The topological polar surface area (TPSA) is 109 Å². The average Bonchev–Trinajstić information content (AvgIpc) is 3.30.